The molecule has 3 heteroatoms. The first kappa shape index (κ1) is 12.4. The van der Waals surface area contributed by atoms with Crippen molar-refractivity contribution in [1.82, 2.24) is 0 Å². The standard InChI is InChI=1S/C9H10N.BrH.Mg/c1-2-4-9-7-10-6-5-8(9)3-1;;/h1-4H,5-7H2;1H;/q-1;;+2/p-1. The van der Waals surface area contributed by atoms with E-state index in [1.807, 2.05) is 0 Å². The van der Waals surface area contributed by atoms with E-state index in [1.165, 1.54) is 11.1 Å². The van der Waals surface area contributed by atoms with Crippen molar-refractivity contribution in [1.29, 1.82) is 0 Å². The quantitative estimate of drug-likeness (QED) is 0.499. The molecule has 0 aliphatic carbocycles. The van der Waals surface area contributed by atoms with Gasteiger partial charge in [0.05, 0.1) is 0 Å². The maximum atomic E-state index is 4.32. The van der Waals surface area contributed by atoms with Crippen molar-refractivity contribution in [2.45, 2.75) is 13.0 Å². The van der Waals surface area contributed by atoms with Crippen LogP contribution < -0.4 is 17.0 Å². The molecule has 1 heterocycles. The number of halogens is 1. The van der Waals surface area contributed by atoms with Crippen molar-refractivity contribution in [2.75, 3.05) is 6.54 Å². The molecule has 0 bridgehead atoms. The Morgan fingerprint density at radius 1 is 1.08 bits per heavy atom. The Bertz CT molecular complexity index is 215. The zero-order valence-electron chi connectivity index (χ0n) is 6.96. The van der Waals surface area contributed by atoms with Crippen LogP contribution in [-0.2, 0) is 13.0 Å². The Labute approximate surface area is 99.9 Å². The maximum Gasteiger partial charge on any atom is 2.00 e. The molecule has 0 amide bonds. The molecule has 0 saturated carbocycles. The van der Waals surface area contributed by atoms with Crippen LogP contribution in [0.2, 0.25) is 0 Å². The van der Waals surface area contributed by atoms with Gasteiger partial charge in [0.1, 0.15) is 0 Å². The molecule has 1 aromatic rings. The molecule has 0 radical (unpaired) electrons. The second-order valence-corrected chi connectivity index (χ2v) is 2.62. The van der Waals surface area contributed by atoms with Gasteiger partial charge < -0.3 is 22.3 Å². The molecule has 1 nitrogen and oxygen atoms in total. The van der Waals surface area contributed by atoms with E-state index in [4.69, 9.17) is 0 Å². The fraction of sp³-hybridized carbons (Fsp3) is 0.333. The number of benzene rings is 1. The SMILES string of the molecule is [Br-].[Mg+2].c1ccc2c(c1)CC[N-]C2. The fourth-order valence-electron chi connectivity index (χ4n) is 1.35. The molecule has 1 aromatic carbocycles. The Balaban J connectivity index is 0.000000605. The summed E-state index contributed by atoms with van der Waals surface area (Å²) in [5.41, 5.74) is 2.89. The number of rotatable bonds is 0. The van der Waals surface area contributed by atoms with Crippen molar-refractivity contribution in [2.24, 2.45) is 0 Å². The summed E-state index contributed by atoms with van der Waals surface area (Å²) in [5.74, 6) is 0. The molecule has 0 fully saturated rings. The van der Waals surface area contributed by atoms with E-state index in [0.29, 0.717) is 0 Å². The molecular formula is C9H10BrMgN. The summed E-state index contributed by atoms with van der Waals surface area (Å²) in [7, 11) is 0. The van der Waals surface area contributed by atoms with Gasteiger partial charge in [-0.05, 0) is 12.0 Å². The minimum Gasteiger partial charge on any atom is -1.00 e. The van der Waals surface area contributed by atoms with Crippen molar-refractivity contribution in [3.8, 4) is 0 Å². The predicted molar refractivity (Wildman–Crippen MR) is 47.8 cm³/mol. The summed E-state index contributed by atoms with van der Waals surface area (Å²) in [6.07, 6.45) is 1.14. The average molecular weight is 236 g/mol. The van der Waals surface area contributed by atoms with Gasteiger partial charge in [-0.15, -0.1) is 13.1 Å². The van der Waals surface area contributed by atoms with E-state index in [1.54, 1.807) is 0 Å². The predicted octanol–water partition coefficient (Wildman–Crippen LogP) is -1.26. The van der Waals surface area contributed by atoms with Gasteiger partial charge in [-0.3, -0.25) is 0 Å². The first-order valence-corrected chi connectivity index (χ1v) is 3.67. The molecule has 0 N–H and O–H groups in total. The Morgan fingerprint density at radius 2 is 1.75 bits per heavy atom. The van der Waals surface area contributed by atoms with Crippen molar-refractivity contribution >= 4 is 23.1 Å². The third kappa shape index (κ3) is 2.73. The smallest absolute Gasteiger partial charge is 1.00 e. The molecule has 1 aliphatic rings. The van der Waals surface area contributed by atoms with Gasteiger partial charge in [0, 0.05) is 0 Å². The number of nitrogens with zero attached hydrogens (tertiary/aromatic N) is 1. The molecule has 0 unspecified atom stereocenters. The summed E-state index contributed by atoms with van der Waals surface area (Å²) in [6.45, 7) is 1.94. The summed E-state index contributed by atoms with van der Waals surface area (Å²) in [4.78, 5) is 0. The van der Waals surface area contributed by atoms with Crippen LogP contribution >= 0.6 is 0 Å². The van der Waals surface area contributed by atoms with E-state index in [2.05, 4.69) is 29.6 Å². The van der Waals surface area contributed by atoms with Crippen molar-refractivity contribution in [3.63, 3.8) is 0 Å². The second kappa shape index (κ2) is 5.97. The van der Waals surface area contributed by atoms with E-state index in [0.717, 1.165) is 19.5 Å². The minimum atomic E-state index is 0. The molecule has 0 aromatic heterocycles. The van der Waals surface area contributed by atoms with E-state index >= 15 is 0 Å². The summed E-state index contributed by atoms with van der Waals surface area (Å²) in [6, 6.07) is 8.55. The molecule has 1 aliphatic heterocycles. The van der Waals surface area contributed by atoms with Gasteiger partial charge in [-0.2, -0.15) is 0 Å². The van der Waals surface area contributed by atoms with Crippen LogP contribution in [0.15, 0.2) is 24.3 Å². The van der Waals surface area contributed by atoms with Crippen LogP contribution in [0.25, 0.3) is 5.32 Å². The van der Waals surface area contributed by atoms with E-state index in [9.17, 15) is 0 Å². The Morgan fingerprint density at radius 3 is 2.42 bits per heavy atom. The topological polar surface area (TPSA) is 14.1 Å². The summed E-state index contributed by atoms with van der Waals surface area (Å²) in [5, 5.41) is 4.32. The van der Waals surface area contributed by atoms with Gasteiger partial charge in [-0.25, -0.2) is 0 Å². The Hall–Kier alpha value is 0.426. The fourth-order valence-corrected chi connectivity index (χ4v) is 1.35. The summed E-state index contributed by atoms with van der Waals surface area (Å²) >= 11 is 0. The number of fused-ring (bicyclic) bond motifs is 1. The largest absolute Gasteiger partial charge is 2.00 e. The third-order valence-corrected chi connectivity index (χ3v) is 1.94. The Kier molecular flexibility index (Phi) is 6.18. The maximum absolute atomic E-state index is 4.32. The van der Waals surface area contributed by atoms with Crippen LogP contribution in [0.5, 0.6) is 0 Å². The normalized spacial score (nSPS) is 13.7. The molecule has 0 atom stereocenters. The van der Waals surface area contributed by atoms with E-state index < -0.39 is 0 Å². The van der Waals surface area contributed by atoms with Crippen LogP contribution in [0.3, 0.4) is 0 Å². The minimum absolute atomic E-state index is 0. The van der Waals surface area contributed by atoms with Crippen LogP contribution in [0.4, 0.5) is 0 Å². The van der Waals surface area contributed by atoms with Crippen LogP contribution in [0, 0.1) is 0 Å². The molecule has 2 rings (SSSR count). The number of hydrogen-bond acceptors (Lipinski definition) is 0. The monoisotopic (exact) mass is 235 g/mol. The zero-order chi connectivity index (χ0) is 6.81. The molecule has 60 valence electrons. The first-order valence-electron chi connectivity index (χ1n) is 3.67. The van der Waals surface area contributed by atoms with Gasteiger partial charge >= 0.3 is 23.1 Å². The van der Waals surface area contributed by atoms with Gasteiger partial charge in [0.25, 0.3) is 0 Å². The van der Waals surface area contributed by atoms with Crippen LogP contribution in [0.1, 0.15) is 11.1 Å². The van der Waals surface area contributed by atoms with Gasteiger partial charge in [0.2, 0.25) is 0 Å². The van der Waals surface area contributed by atoms with Gasteiger partial charge in [-0.1, -0.05) is 29.8 Å². The second-order valence-electron chi connectivity index (χ2n) is 2.62. The van der Waals surface area contributed by atoms with E-state index in [-0.39, 0.29) is 40.0 Å². The summed E-state index contributed by atoms with van der Waals surface area (Å²) < 4.78 is 0. The van der Waals surface area contributed by atoms with Crippen molar-refractivity contribution in [3.05, 3.63) is 40.7 Å². The molecule has 0 saturated heterocycles. The van der Waals surface area contributed by atoms with Crippen molar-refractivity contribution < 1.29 is 17.0 Å². The third-order valence-electron chi connectivity index (χ3n) is 1.94. The first-order chi connectivity index (χ1) is 4.97. The molecule has 0 spiro atoms. The molecule has 12 heavy (non-hydrogen) atoms. The number of hydrogen-bond donors (Lipinski definition) is 0. The zero-order valence-corrected chi connectivity index (χ0v) is 9.96. The van der Waals surface area contributed by atoms with Gasteiger partial charge in [0.15, 0.2) is 0 Å². The van der Waals surface area contributed by atoms with Crippen LogP contribution in [-0.4, -0.2) is 29.6 Å². The molecular weight excluding hydrogens is 226 g/mol. The average Bonchev–Trinajstić information content (AvgIpc) is 2.05.